The summed E-state index contributed by atoms with van der Waals surface area (Å²) in [7, 11) is 0. The van der Waals surface area contributed by atoms with Gasteiger partial charge in [-0.2, -0.15) is 0 Å². The molecule has 0 aromatic rings. The Hall–Kier alpha value is -2.64. The molecule has 0 fully saturated rings. The van der Waals surface area contributed by atoms with Crippen LogP contribution in [0.4, 0.5) is 0 Å². The minimum atomic E-state index is -0.508. The van der Waals surface area contributed by atoms with Crippen molar-refractivity contribution in [1.82, 2.24) is 0 Å². The van der Waals surface area contributed by atoms with Gasteiger partial charge in [0.15, 0.2) is 0 Å². The van der Waals surface area contributed by atoms with Crippen LogP contribution in [0.3, 0.4) is 0 Å². The molecule has 8 heteroatoms. The molecular formula is C24H38O8. The van der Waals surface area contributed by atoms with Crippen LogP contribution in [0.25, 0.3) is 0 Å². The monoisotopic (exact) mass is 454 g/mol. The van der Waals surface area contributed by atoms with E-state index in [0.29, 0.717) is 24.0 Å². The lowest BCUT2D eigenvalue weighted by Gasteiger charge is -2.31. The van der Waals surface area contributed by atoms with E-state index in [0.717, 1.165) is 6.42 Å². The van der Waals surface area contributed by atoms with Gasteiger partial charge >= 0.3 is 23.9 Å². The summed E-state index contributed by atoms with van der Waals surface area (Å²) in [4.78, 5) is 46.2. The SMILES string of the molecule is C=C(C)C(=O)OCCOC(=O)CCCC(C)(C)C(C)CCC(=O)OCCOC(=O)C(=C)C. The number of carbonyl (C=O) groups is 4. The normalized spacial score (nSPS) is 11.8. The van der Waals surface area contributed by atoms with E-state index >= 15 is 0 Å². The second-order valence-electron chi connectivity index (χ2n) is 8.56. The van der Waals surface area contributed by atoms with Crippen molar-refractivity contribution in [2.45, 2.75) is 66.7 Å². The Morgan fingerprint density at radius 3 is 1.59 bits per heavy atom. The van der Waals surface area contributed by atoms with E-state index in [1.54, 1.807) is 13.8 Å². The minimum Gasteiger partial charge on any atom is -0.462 e. The standard InChI is InChI=1S/C24H38O8/c1-17(2)22(27)31-15-13-29-20(25)9-8-12-24(6,7)19(5)10-11-21(26)30-14-16-32-23(28)18(3)4/h19H,1,3,8-16H2,2,4-7H3. The van der Waals surface area contributed by atoms with Gasteiger partial charge in [0.25, 0.3) is 0 Å². The van der Waals surface area contributed by atoms with E-state index in [4.69, 9.17) is 18.9 Å². The van der Waals surface area contributed by atoms with Crippen LogP contribution in [-0.4, -0.2) is 50.3 Å². The lowest BCUT2D eigenvalue weighted by Crippen LogP contribution is -2.23. The summed E-state index contributed by atoms with van der Waals surface area (Å²) in [6, 6.07) is 0. The van der Waals surface area contributed by atoms with Gasteiger partial charge in [-0.15, -0.1) is 0 Å². The second kappa shape index (κ2) is 15.2. The third-order valence-electron chi connectivity index (χ3n) is 5.17. The Morgan fingerprint density at radius 2 is 1.16 bits per heavy atom. The molecule has 0 aromatic heterocycles. The third kappa shape index (κ3) is 13.6. The van der Waals surface area contributed by atoms with Crippen molar-refractivity contribution in [1.29, 1.82) is 0 Å². The quantitative estimate of drug-likeness (QED) is 0.150. The highest BCUT2D eigenvalue weighted by Crippen LogP contribution is 2.35. The first-order valence-electron chi connectivity index (χ1n) is 10.8. The molecule has 0 heterocycles. The first-order chi connectivity index (χ1) is 14.9. The zero-order valence-corrected chi connectivity index (χ0v) is 20.1. The van der Waals surface area contributed by atoms with Gasteiger partial charge in [-0.25, -0.2) is 9.59 Å². The zero-order chi connectivity index (χ0) is 24.7. The average Bonchev–Trinajstić information content (AvgIpc) is 2.71. The average molecular weight is 455 g/mol. The van der Waals surface area contributed by atoms with Gasteiger partial charge < -0.3 is 18.9 Å². The van der Waals surface area contributed by atoms with Crippen LogP contribution in [0.2, 0.25) is 0 Å². The maximum Gasteiger partial charge on any atom is 0.333 e. The molecule has 0 spiro atoms. The molecule has 0 N–H and O–H groups in total. The Kier molecular flexibility index (Phi) is 14.0. The number of carbonyl (C=O) groups excluding carboxylic acids is 4. The molecule has 8 nitrogen and oxygen atoms in total. The Labute approximate surface area is 191 Å². The summed E-state index contributed by atoms with van der Waals surface area (Å²) >= 11 is 0. The fourth-order valence-electron chi connectivity index (χ4n) is 2.63. The first-order valence-corrected chi connectivity index (χ1v) is 10.8. The minimum absolute atomic E-state index is 0.00487. The summed E-state index contributed by atoms with van der Waals surface area (Å²) in [5.74, 6) is -1.46. The summed E-state index contributed by atoms with van der Waals surface area (Å²) in [5, 5.41) is 0. The second-order valence-corrected chi connectivity index (χ2v) is 8.56. The molecule has 0 aromatic carbocycles. The molecule has 32 heavy (non-hydrogen) atoms. The first kappa shape index (κ1) is 29.4. The van der Waals surface area contributed by atoms with Gasteiger partial charge in [-0.05, 0) is 44.4 Å². The van der Waals surface area contributed by atoms with Gasteiger partial charge in [0.1, 0.15) is 26.4 Å². The highest BCUT2D eigenvalue weighted by molar-refractivity contribution is 5.87. The topological polar surface area (TPSA) is 105 Å². The van der Waals surface area contributed by atoms with Crippen LogP contribution < -0.4 is 0 Å². The van der Waals surface area contributed by atoms with Crippen LogP contribution in [0, 0.1) is 11.3 Å². The molecule has 0 aliphatic rings. The van der Waals surface area contributed by atoms with Gasteiger partial charge in [0.2, 0.25) is 0 Å². The Balaban J connectivity index is 4.02. The molecule has 0 aliphatic heterocycles. The Morgan fingerprint density at radius 1 is 0.750 bits per heavy atom. The van der Waals surface area contributed by atoms with E-state index in [1.165, 1.54) is 0 Å². The molecule has 1 atom stereocenters. The lowest BCUT2D eigenvalue weighted by molar-refractivity contribution is -0.150. The van der Waals surface area contributed by atoms with Crippen molar-refractivity contribution in [2.75, 3.05) is 26.4 Å². The maximum absolute atomic E-state index is 11.9. The summed E-state index contributed by atoms with van der Waals surface area (Å²) in [6.45, 7) is 16.3. The van der Waals surface area contributed by atoms with E-state index in [1.807, 2.05) is 0 Å². The molecule has 0 amide bonds. The zero-order valence-electron chi connectivity index (χ0n) is 20.1. The number of hydrogen-bond donors (Lipinski definition) is 0. The number of rotatable bonds is 16. The molecular weight excluding hydrogens is 416 g/mol. The van der Waals surface area contributed by atoms with Crippen LogP contribution >= 0.6 is 0 Å². The van der Waals surface area contributed by atoms with E-state index < -0.39 is 11.9 Å². The summed E-state index contributed by atoms with van der Waals surface area (Å²) < 4.78 is 19.9. The molecule has 0 saturated heterocycles. The molecule has 1 unspecified atom stereocenters. The van der Waals surface area contributed by atoms with Gasteiger partial charge in [-0.3, -0.25) is 9.59 Å². The highest BCUT2D eigenvalue weighted by Gasteiger charge is 2.26. The van der Waals surface area contributed by atoms with E-state index in [-0.39, 0.29) is 62.5 Å². The summed E-state index contributed by atoms with van der Waals surface area (Å²) in [6.07, 6.45) is 2.63. The fraction of sp³-hybridized carbons (Fsp3) is 0.667. The molecule has 0 bridgehead atoms. The van der Waals surface area contributed by atoms with Gasteiger partial charge in [-0.1, -0.05) is 33.9 Å². The molecule has 0 rings (SSSR count). The lowest BCUT2D eigenvalue weighted by atomic mass is 9.74. The number of hydrogen-bond acceptors (Lipinski definition) is 8. The molecule has 0 aliphatic carbocycles. The highest BCUT2D eigenvalue weighted by atomic mass is 16.6. The predicted octanol–water partition coefficient (Wildman–Crippen LogP) is 3.92. The smallest absolute Gasteiger partial charge is 0.333 e. The fourth-order valence-corrected chi connectivity index (χ4v) is 2.63. The van der Waals surface area contributed by atoms with Crippen molar-refractivity contribution in [2.24, 2.45) is 11.3 Å². The van der Waals surface area contributed by atoms with Gasteiger partial charge in [0, 0.05) is 24.0 Å². The van der Waals surface area contributed by atoms with Crippen LogP contribution in [-0.2, 0) is 38.1 Å². The summed E-state index contributed by atoms with van der Waals surface area (Å²) in [5.41, 5.74) is 0.518. The van der Waals surface area contributed by atoms with E-state index in [2.05, 4.69) is 33.9 Å². The van der Waals surface area contributed by atoms with Crippen molar-refractivity contribution in [3.63, 3.8) is 0 Å². The van der Waals surface area contributed by atoms with Gasteiger partial charge in [0.05, 0.1) is 0 Å². The van der Waals surface area contributed by atoms with E-state index in [9.17, 15) is 19.2 Å². The maximum atomic E-state index is 11.9. The Bertz CT molecular complexity index is 677. The third-order valence-corrected chi connectivity index (χ3v) is 5.17. The van der Waals surface area contributed by atoms with Crippen molar-refractivity contribution >= 4 is 23.9 Å². The number of esters is 4. The van der Waals surface area contributed by atoms with Crippen LogP contribution in [0.15, 0.2) is 24.3 Å². The van der Waals surface area contributed by atoms with Crippen molar-refractivity contribution < 1.29 is 38.1 Å². The molecule has 182 valence electrons. The van der Waals surface area contributed by atoms with Crippen LogP contribution in [0.5, 0.6) is 0 Å². The predicted molar refractivity (Wildman–Crippen MR) is 119 cm³/mol. The number of ether oxygens (including phenoxy) is 4. The largest absolute Gasteiger partial charge is 0.462 e. The molecule has 0 radical (unpaired) electrons. The van der Waals surface area contributed by atoms with Crippen molar-refractivity contribution in [3.05, 3.63) is 24.3 Å². The van der Waals surface area contributed by atoms with Crippen LogP contribution in [0.1, 0.15) is 66.7 Å². The van der Waals surface area contributed by atoms with Crippen molar-refractivity contribution in [3.8, 4) is 0 Å². The molecule has 0 saturated carbocycles.